The summed E-state index contributed by atoms with van der Waals surface area (Å²) in [6.07, 6.45) is 1.62. The van der Waals surface area contributed by atoms with Crippen molar-refractivity contribution in [2.24, 2.45) is 0 Å². The molecule has 148 valence electrons. The molecule has 1 fully saturated rings. The average Bonchev–Trinajstić information content (AvgIpc) is 2.75. The van der Waals surface area contributed by atoms with E-state index in [0.29, 0.717) is 22.8 Å². The first kappa shape index (κ1) is 18.9. The van der Waals surface area contributed by atoms with Crippen LogP contribution in [0.3, 0.4) is 0 Å². The van der Waals surface area contributed by atoms with Gasteiger partial charge in [-0.3, -0.25) is 4.79 Å². The molecule has 3 N–H and O–H groups in total. The van der Waals surface area contributed by atoms with Gasteiger partial charge in [0.15, 0.2) is 0 Å². The zero-order valence-corrected chi connectivity index (χ0v) is 16.2. The molecule has 0 aliphatic carbocycles. The molecule has 2 aromatic carbocycles. The summed E-state index contributed by atoms with van der Waals surface area (Å²) in [7, 11) is 2.07. The maximum Gasteiger partial charge on any atom is 0.253 e. The molecule has 1 aliphatic rings. The number of phenols is 1. The number of likely N-dealkylation sites (N-methyl/N-ethyl adjacent to an activating group) is 1. The summed E-state index contributed by atoms with van der Waals surface area (Å²) in [5.74, 6) is 0.552. The van der Waals surface area contributed by atoms with Crippen LogP contribution in [0.1, 0.15) is 10.4 Å². The smallest absolute Gasteiger partial charge is 0.253 e. The molecule has 1 aliphatic heterocycles. The van der Waals surface area contributed by atoms with Crippen molar-refractivity contribution in [1.29, 1.82) is 0 Å². The average molecular weight is 389 g/mol. The number of piperazine rings is 1. The minimum Gasteiger partial charge on any atom is -0.508 e. The Kier molecular flexibility index (Phi) is 5.14. The van der Waals surface area contributed by atoms with Crippen LogP contribution in [0.4, 0.5) is 5.82 Å². The molecule has 7 heteroatoms. The van der Waals surface area contributed by atoms with E-state index in [-0.39, 0.29) is 11.7 Å². The van der Waals surface area contributed by atoms with Gasteiger partial charge >= 0.3 is 0 Å². The minimum absolute atomic E-state index is 0.0535. The summed E-state index contributed by atoms with van der Waals surface area (Å²) in [6, 6.07) is 14.1. The molecule has 0 saturated carbocycles. The summed E-state index contributed by atoms with van der Waals surface area (Å²) in [4.78, 5) is 25.7. The monoisotopic (exact) mass is 389 g/mol. The highest BCUT2D eigenvalue weighted by atomic mass is 16.3. The number of benzene rings is 2. The standard InChI is InChI=1S/C22H23N5O2/c1-26-10-12-27(13-11-26)22(29)17-4-2-15(3-5-17)19-14-24-21(23)20(25-19)16-6-8-18(28)9-7-16/h2-9,14,28H,10-13H2,1H3,(H2,23,24). The largest absolute Gasteiger partial charge is 0.508 e. The molecule has 4 rings (SSSR count). The highest BCUT2D eigenvalue weighted by Gasteiger charge is 2.20. The normalized spacial score (nSPS) is 14.7. The number of anilines is 1. The Hall–Kier alpha value is -3.45. The van der Waals surface area contributed by atoms with E-state index < -0.39 is 0 Å². The maximum absolute atomic E-state index is 12.7. The molecule has 29 heavy (non-hydrogen) atoms. The number of nitrogen functional groups attached to an aromatic ring is 1. The number of amides is 1. The van der Waals surface area contributed by atoms with Crippen LogP contribution >= 0.6 is 0 Å². The number of hydrogen-bond donors (Lipinski definition) is 2. The van der Waals surface area contributed by atoms with Crippen molar-refractivity contribution in [1.82, 2.24) is 19.8 Å². The van der Waals surface area contributed by atoms with Crippen molar-refractivity contribution in [2.75, 3.05) is 39.0 Å². The predicted octanol–water partition coefficient (Wildman–Crippen LogP) is 2.49. The van der Waals surface area contributed by atoms with Crippen LogP contribution in [0, 0.1) is 0 Å². The van der Waals surface area contributed by atoms with Crippen LogP contribution in [0.25, 0.3) is 22.5 Å². The molecular formula is C22H23N5O2. The van der Waals surface area contributed by atoms with E-state index in [9.17, 15) is 9.90 Å². The van der Waals surface area contributed by atoms with Gasteiger partial charge in [0.05, 0.1) is 11.9 Å². The molecule has 7 nitrogen and oxygen atoms in total. The molecule has 1 saturated heterocycles. The molecule has 0 atom stereocenters. The van der Waals surface area contributed by atoms with Crippen LogP contribution in [-0.2, 0) is 0 Å². The van der Waals surface area contributed by atoms with Crippen LogP contribution in [0.5, 0.6) is 5.75 Å². The van der Waals surface area contributed by atoms with E-state index in [1.54, 1.807) is 30.5 Å². The van der Waals surface area contributed by atoms with Crippen molar-refractivity contribution in [3.63, 3.8) is 0 Å². The Morgan fingerprint density at radius 3 is 2.24 bits per heavy atom. The second-order valence-corrected chi connectivity index (χ2v) is 7.21. The molecule has 0 bridgehead atoms. The van der Waals surface area contributed by atoms with Gasteiger partial charge in [0.1, 0.15) is 17.3 Å². The number of aromatic hydroxyl groups is 1. The topological polar surface area (TPSA) is 95.6 Å². The lowest BCUT2D eigenvalue weighted by Gasteiger charge is -2.32. The number of carbonyl (C=O) groups excluding carboxylic acids is 1. The predicted molar refractivity (Wildman–Crippen MR) is 112 cm³/mol. The fraction of sp³-hybridized carbons (Fsp3) is 0.227. The van der Waals surface area contributed by atoms with E-state index in [1.807, 2.05) is 29.2 Å². The van der Waals surface area contributed by atoms with Crippen LogP contribution in [0.2, 0.25) is 0 Å². The number of rotatable bonds is 3. The minimum atomic E-state index is 0.0535. The highest BCUT2D eigenvalue weighted by Crippen LogP contribution is 2.27. The van der Waals surface area contributed by atoms with Gasteiger partial charge in [-0.05, 0) is 43.4 Å². The van der Waals surface area contributed by atoms with Gasteiger partial charge < -0.3 is 20.6 Å². The molecule has 1 amide bonds. The Morgan fingerprint density at radius 2 is 1.59 bits per heavy atom. The first-order valence-electron chi connectivity index (χ1n) is 9.51. The number of hydrogen-bond acceptors (Lipinski definition) is 6. The van der Waals surface area contributed by atoms with Gasteiger partial charge in [-0.25, -0.2) is 9.97 Å². The number of carbonyl (C=O) groups is 1. The van der Waals surface area contributed by atoms with Crippen molar-refractivity contribution in [3.8, 4) is 28.3 Å². The zero-order chi connectivity index (χ0) is 20.4. The van der Waals surface area contributed by atoms with E-state index in [2.05, 4.69) is 21.9 Å². The molecule has 0 spiro atoms. The van der Waals surface area contributed by atoms with Crippen LogP contribution in [-0.4, -0.2) is 64.0 Å². The third kappa shape index (κ3) is 4.05. The van der Waals surface area contributed by atoms with Crippen molar-refractivity contribution < 1.29 is 9.90 Å². The summed E-state index contributed by atoms with van der Waals surface area (Å²) in [6.45, 7) is 3.28. The summed E-state index contributed by atoms with van der Waals surface area (Å²) in [5.41, 5.74) is 9.52. The van der Waals surface area contributed by atoms with E-state index in [0.717, 1.165) is 37.3 Å². The molecular weight excluding hydrogens is 366 g/mol. The lowest BCUT2D eigenvalue weighted by molar-refractivity contribution is 0.0664. The first-order valence-corrected chi connectivity index (χ1v) is 9.51. The molecule has 0 unspecified atom stereocenters. The third-order valence-corrected chi connectivity index (χ3v) is 5.16. The fourth-order valence-electron chi connectivity index (χ4n) is 3.34. The SMILES string of the molecule is CN1CCN(C(=O)c2ccc(-c3cnc(N)c(-c4ccc(O)cc4)n3)cc2)CC1. The van der Waals surface area contributed by atoms with Gasteiger partial charge in [-0.15, -0.1) is 0 Å². The van der Waals surface area contributed by atoms with Gasteiger partial charge in [-0.1, -0.05) is 12.1 Å². The molecule has 1 aromatic heterocycles. The summed E-state index contributed by atoms with van der Waals surface area (Å²) < 4.78 is 0. The lowest BCUT2D eigenvalue weighted by Crippen LogP contribution is -2.47. The first-order chi connectivity index (χ1) is 14.0. The number of aromatic nitrogens is 2. The quantitative estimate of drug-likeness (QED) is 0.715. The van der Waals surface area contributed by atoms with Crippen molar-refractivity contribution in [3.05, 3.63) is 60.3 Å². The van der Waals surface area contributed by atoms with Crippen molar-refractivity contribution in [2.45, 2.75) is 0 Å². The lowest BCUT2D eigenvalue weighted by atomic mass is 10.1. The van der Waals surface area contributed by atoms with Gasteiger partial charge in [-0.2, -0.15) is 0 Å². The van der Waals surface area contributed by atoms with E-state index in [4.69, 9.17) is 5.73 Å². The molecule has 0 radical (unpaired) electrons. The molecule has 2 heterocycles. The van der Waals surface area contributed by atoms with Crippen molar-refractivity contribution >= 4 is 11.7 Å². The van der Waals surface area contributed by atoms with Gasteiger partial charge in [0, 0.05) is 42.9 Å². The molecule has 3 aromatic rings. The van der Waals surface area contributed by atoms with Crippen LogP contribution < -0.4 is 5.73 Å². The van der Waals surface area contributed by atoms with Gasteiger partial charge in [0.2, 0.25) is 0 Å². The van der Waals surface area contributed by atoms with E-state index >= 15 is 0 Å². The second kappa shape index (κ2) is 7.89. The Balaban J connectivity index is 1.57. The Labute approximate surface area is 169 Å². The fourth-order valence-corrected chi connectivity index (χ4v) is 3.34. The number of nitrogens with zero attached hydrogens (tertiary/aromatic N) is 4. The number of nitrogens with two attached hydrogens (primary N) is 1. The summed E-state index contributed by atoms with van der Waals surface area (Å²) in [5, 5.41) is 9.48. The Morgan fingerprint density at radius 1 is 0.966 bits per heavy atom. The van der Waals surface area contributed by atoms with Crippen LogP contribution in [0.15, 0.2) is 54.7 Å². The zero-order valence-electron chi connectivity index (χ0n) is 16.2. The third-order valence-electron chi connectivity index (χ3n) is 5.16. The van der Waals surface area contributed by atoms with E-state index in [1.165, 1.54) is 0 Å². The highest BCUT2D eigenvalue weighted by molar-refractivity contribution is 5.94. The second-order valence-electron chi connectivity index (χ2n) is 7.21. The Bertz CT molecular complexity index is 1010. The van der Waals surface area contributed by atoms with Gasteiger partial charge in [0.25, 0.3) is 5.91 Å². The maximum atomic E-state index is 12.7. The summed E-state index contributed by atoms with van der Waals surface area (Å²) >= 11 is 0. The number of phenolic OH excluding ortho intramolecular Hbond substituents is 1.